The number of hydrogen-bond acceptors (Lipinski definition) is 3. The average Bonchev–Trinajstić information content (AvgIpc) is 2.60. The molecule has 0 unspecified atom stereocenters. The van der Waals surface area contributed by atoms with E-state index in [4.69, 9.17) is 11.6 Å². The lowest BCUT2D eigenvalue weighted by atomic mass is 10.1. The zero-order valence-electron chi connectivity index (χ0n) is 16.0. The van der Waals surface area contributed by atoms with Gasteiger partial charge in [0.15, 0.2) is 0 Å². The minimum Gasteiger partial charge on any atom is -0.350 e. The minimum atomic E-state index is -3.68. The molecule has 2 rings (SSSR count). The van der Waals surface area contributed by atoms with Gasteiger partial charge in [-0.1, -0.05) is 48.9 Å². The number of halogens is 1. The van der Waals surface area contributed by atoms with Gasteiger partial charge in [0.2, 0.25) is 15.9 Å². The summed E-state index contributed by atoms with van der Waals surface area (Å²) in [6, 6.07) is 11.9. The Hall–Kier alpha value is -2.05. The van der Waals surface area contributed by atoms with Gasteiger partial charge in [-0.05, 0) is 49.1 Å². The van der Waals surface area contributed by atoms with E-state index in [0.29, 0.717) is 23.7 Å². The number of nitrogens with one attached hydrogen (secondary N) is 1. The molecule has 0 radical (unpaired) electrons. The summed E-state index contributed by atoms with van der Waals surface area (Å²) >= 11 is 6.17. The predicted molar refractivity (Wildman–Crippen MR) is 111 cm³/mol. The quantitative estimate of drug-likeness (QED) is 0.757. The summed E-state index contributed by atoms with van der Waals surface area (Å²) in [5, 5.41) is 3.32. The van der Waals surface area contributed by atoms with E-state index in [2.05, 4.69) is 5.32 Å². The number of hydrogen-bond donors (Lipinski definition) is 1. The topological polar surface area (TPSA) is 66.5 Å². The van der Waals surface area contributed by atoms with E-state index in [0.717, 1.165) is 27.3 Å². The Morgan fingerprint density at radius 3 is 2.37 bits per heavy atom. The molecule has 0 aliphatic carbocycles. The second kappa shape index (κ2) is 8.76. The van der Waals surface area contributed by atoms with Crippen molar-refractivity contribution in [3.8, 4) is 0 Å². The molecule has 0 aliphatic rings. The number of nitrogens with zero attached hydrogens (tertiary/aromatic N) is 1. The first-order chi connectivity index (χ1) is 12.6. The Balaban J connectivity index is 2.30. The maximum atomic E-state index is 12.8. The standard InChI is InChI=1S/C20H25ClN2O3S/c1-5-19(20(24)22-13-16-9-7-6-8-14(16)2)23(27(4,25)26)17-11-10-15(3)18(21)12-17/h6-12,19H,5,13H2,1-4H3,(H,22,24)/t19-/m1/s1. The van der Waals surface area contributed by atoms with Gasteiger partial charge in [-0.3, -0.25) is 9.10 Å². The Bertz CT molecular complexity index is 929. The Labute approximate surface area is 166 Å². The Morgan fingerprint density at radius 2 is 1.81 bits per heavy atom. The van der Waals surface area contributed by atoms with Crippen LogP contribution in [0.3, 0.4) is 0 Å². The Morgan fingerprint density at radius 1 is 1.15 bits per heavy atom. The van der Waals surface area contributed by atoms with Crippen LogP contribution in [0.5, 0.6) is 0 Å². The lowest BCUT2D eigenvalue weighted by Gasteiger charge is -2.30. The SMILES string of the molecule is CC[C@H](C(=O)NCc1ccccc1C)N(c1ccc(C)c(Cl)c1)S(C)(=O)=O. The highest BCUT2D eigenvalue weighted by Crippen LogP contribution is 2.27. The van der Waals surface area contributed by atoms with E-state index in [1.54, 1.807) is 25.1 Å². The minimum absolute atomic E-state index is 0.332. The fourth-order valence-corrected chi connectivity index (χ4v) is 4.27. The molecule has 0 bridgehead atoms. The summed E-state index contributed by atoms with van der Waals surface area (Å²) in [6.07, 6.45) is 1.43. The Kier molecular flexibility index (Phi) is 6.89. The fraction of sp³-hybridized carbons (Fsp3) is 0.350. The van der Waals surface area contributed by atoms with E-state index in [9.17, 15) is 13.2 Å². The van der Waals surface area contributed by atoms with Crippen LogP contribution in [0.4, 0.5) is 5.69 Å². The molecule has 0 saturated heterocycles. The van der Waals surface area contributed by atoms with Crippen LogP contribution in [0.2, 0.25) is 5.02 Å². The molecule has 0 saturated carbocycles. The highest BCUT2D eigenvalue weighted by Gasteiger charge is 2.31. The monoisotopic (exact) mass is 408 g/mol. The maximum absolute atomic E-state index is 12.8. The zero-order chi connectivity index (χ0) is 20.2. The molecule has 2 aromatic rings. The number of carbonyl (C=O) groups excluding carboxylic acids is 1. The van der Waals surface area contributed by atoms with E-state index in [-0.39, 0.29) is 5.91 Å². The van der Waals surface area contributed by atoms with E-state index in [1.807, 2.05) is 38.1 Å². The molecular formula is C20H25ClN2O3S. The normalized spacial score (nSPS) is 12.5. The van der Waals surface area contributed by atoms with Crippen LogP contribution >= 0.6 is 11.6 Å². The predicted octanol–water partition coefficient (Wildman–Crippen LogP) is 3.82. The number of carbonyl (C=O) groups is 1. The third-order valence-electron chi connectivity index (χ3n) is 4.45. The van der Waals surface area contributed by atoms with Gasteiger partial charge in [-0.25, -0.2) is 8.42 Å². The summed E-state index contributed by atoms with van der Waals surface area (Å²) < 4.78 is 26.1. The van der Waals surface area contributed by atoms with Crippen molar-refractivity contribution in [2.75, 3.05) is 10.6 Å². The lowest BCUT2D eigenvalue weighted by molar-refractivity contribution is -0.122. The van der Waals surface area contributed by atoms with Gasteiger partial charge < -0.3 is 5.32 Å². The van der Waals surface area contributed by atoms with Gasteiger partial charge in [0.05, 0.1) is 11.9 Å². The van der Waals surface area contributed by atoms with Crippen LogP contribution in [-0.4, -0.2) is 26.6 Å². The molecule has 1 N–H and O–H groups in total. The first kappa shape index (κ1) is 21.3. The molecule has 1 amide bonds. The number of anilines is 1. The third kappa shape index (κ3) is 5.23. The molecule has 146 valence electrons. The molecule has 1 atom stereocenters. The fourth-order valence-electron chi connectivity index (χ4n) is 2.89. The third-order valence-corrected chi connectivity index (χ3v) is 6.04. The van der Waals surface area contributed by atoms with Gasteiger partial charge in [-0.15, -0.1) is 0 Å². The molecule has 2 aromatic carbocycles. The summed E-state index contributed by atoms with van der Waals surface area (Å²) in [5.74, 6) is -0.345. The largest absolute Gasteiger partial charge is 0.350 e. The molecule has 0 heterocycles. The van der Waals surface area contributed by atoms with Gasteiger partial charge in [0, 0.05) is 11.6 Å². The van der Waals surface area contributed by atoms with E-state index in [1.165, 1.54) is 0 Å². The van der Waals surface area contributed by atoms with Crippen molar-refractivity contribution in [1.82, 2.24) is 5.32 Å². The van der Waals surface area contributed by atoms with Crippen molar-refractivity contribution in [2.24, 2.45) is 0 Å². The second-order valence-electron chi connectivity index (χ2n) is 6.56. The van der Waals surface area contributed by atoms with Gasteiger partial charge in [0.25, 0.3) is 0 Å². The van der Waals surface area contributed by atoms with E-state index < -0.39 is 16.1 Å². The van der Waals surface area contributed by atoms with Crippen molar-refractivity contribution >= 4 is 33.2 Å². The van der Waals surface area contributed by atoms with Crippen molar-refractivity contribution in [1.29, 1.82) is 0 Å². The van der Waals surface area contributed by atoms with Gasteiger partial charge >= 0.3 is 0 Å². The molecule has 0 fully saturated rings. The smallest absolute Gasteiger partial charge is 0.244 e. The summed E-state index contributed by atoms with van der Waals surface area (Å²) in [5.41, 5.74) is 3.28. The molecule has 7 heteroatoms. The number of benzene rings is 2. The number of sulfonamides is 1. The summed E-state index contributed by atoms with van der Waals surface area (Å²) in [4.78, 5) is 12.8. The maximum Gasteiger partial charge on any atom is 0.244 e. The number of aryl methyl sites for hydroxylation is 2. The second-order valence-corrected chi connectivity index (χ2v) is 8.83. The van der Waals surface area contributed by atoms with Crippen LogP contribution in [0.15, 0.2) is 42.5 Å². The van der Waals surface area contributed by atoms with E-state index >= 15 is 0 Å². The van der Waals surface area contributed by atoms with Gasteiger partial charge in [-0.2, -0.15) is 0 Å². The summed E-state index contributed by atoms with van der Waals surface area (Å²) in [6.45, 7) is 5.93. The van der Waals surface area contributed by atoms with Crippen LogP contribution in [0.25, 0.3) is 0 Å². The first-order valence-corrected chi connectivity index (χ1v) is 11.0. The van der Waals surface area contributed by atoms with Crippen LogP contribution in [0.1, 0.15) is 30.0 Å². The van der Waals surface area contributed by atoms with Crippen LogP contribution in [0, 0.1) is 13.8 Å². The van der Waals surface area contributed by atoms with Crippen molar-refractivity contribution < 1.29 is 13.2 Å². The van der Waals surface area contributed by atoms with Crippen molar-refractivity contribution in [3.63, 3.8) is 0 Å². The first-order valence-electron chi connectivity index (χ1n) is 8.73. The highest BCUT2D eigenvalue weighted by atomic mass is 35.5. The average molecular weight is 409 g/mol. The van der Waals surface area contributed by atoms with Gasteiger partial charge in [0.1, 0.15) is 6.04 Å². The molecule has 5 nitrogen and oxygen atoms in total. The van der Waals surface area contributed by atoms with Crippen molar-refractivity contribution in [3.05, 3.63) is 64.2 Å². The van der Waals surface area contributed by atoms with Crippen LogP contribution in [-0.2, 0) is 21.4 Å². The zero-order valence-corrected chi connectivity index (χ0v) is 17.6. The van der Waals surface area contributed by atoms with Crippen molar-refractivity contribution in [2.45, 2.75) is 39.8 Å². The summed E-state index contributed by atoms with van der Waals surface area (Å²) in [7, 11) is -3.68. The lowest BCUT2D eigenvalue weighted by Crippen LogP contribution is -2.49. The van der Waals surface area contributed by atoms with Crippen LogP contribution < -0.4 is 9.62 Å². The molecule has 27 heavy (non-hydrogen) atoms. The molecule has 0 spiro atoms. The number of amides is 1. The molecule has 0 aromatic heterocycles. The highest BCUT2D eigenvalue weighted by molar-refractivity contribution is 7.92. The number of rotatable bonds is 7. The molecular weight excluding hydrogens is 384 g/mol. The molecule has 0 aliphatic heterocycles.